The molecule has 7 heteroatoms. The molecule has 1 aliphatic carbocycles. The molecule has 0 bridgehead atoms. The van der Waals surface area contributed by atoms with Crippen LogP contribution in [0.25, 0.3) is 5.69 Å². The van der Waals surface area contributed by atoms with Crippen LogP contribution in [0.3, 0.4) is 0 Å². The van der Waals surface area contributed by atoms with Crippen molar-refractivity contribution in [2.75, 3.05) is 31.1 Å². The Kier molecular flexibility index (Phi) is 6.72. The van der Waals surface area contributed by atoms with E-state index in [4.69, 9.17) is 11.6 Å². The third kappa shape index (κ3) is 4.69. The number of hydrogen-bond donors (Lipinski definition) is 0. The first-order chi connectivity index (χ1) is 14.6. The Balaban J connectivity index is 1.35. The minimum Gasteiger partial charge on any atom is -0.365 e. The summed E-state index contributed by atoms with van der Waals surface area (Å²) in [5.41, 5.74) is 0.999. The topological polar surface area (TPSA) is 58.4 Å². The zero-order chi connectivity index (χ0) is 20.9. The van der Waals surface area contributed by atoms with E-state index in [9.17, 15) is 9.59 Å². The van der Waals surface area contributed by atoms with Gasteiger partial charge in [0.25, 0.3) is 5.56 Å². The molecule has 160 valence electrons. The average molecular weight is 429 g/mol. The lowest BCUT2D eigenvalue weighted by Gasteiger charge is -2.36. The maximum absolute atomic E-state index is 12.7. The summed E-state index contributed by atoms with van der Waals surface area (Å²) in [7, 11) is 0. The molecule has 1 amide bonds. The van der Waals surface area contributed by atoms with E-state index in [1.54, 1.807) is 6.20 Å². The van der Waals surface area contributed by atoms with Crippen molar-refractivity contribution in [3.63, 3.8) is 0 Å². The monoisotopic (exact) mass is 428 g/mol. The van der Waals surface area contributed by atoms with Crippen molar-refractivity contribution in [3.8, 4) is 5.69 Å². The largest absolute Gasteiger partial charge is 0.365 e. The Labute approximate surface area is 182 Å². The molecule has 6 nitrogen and oxygen atoms in total. The minimum atomic E-state index is -0.327. The molecule has 2 aliphatic rings. The number of nitrogens with zero attached hydrogens (tertiary/aromatic N) is 4. The lowest BCUT2D eigenvalue weighted by Crippen LogP contribution is -2.49. The van der Waals surface area contributed by atoms with Crippen molar-refractivity contribution >= 4 is 23.2 Å². The summed E-state index contributed by atoms with van der Waals surface area (Å²) >= 11 is 6.42. The molecule has 0 atom stereocenters. The summed E-state index contributed by atoms with van der Waals surface area (Å²) in [5.74, 6) is 0.980. The van der Waals surface area contributed by atoms with Crippen LogP contribution in [0.1, 0.15) is 44.9 Å². The number of rotatable bonds is 5. The third-order valence-electron chi connectivity index (χ3n) is 6.37. The summed E-state index contributed by atoms with van der Waals surface area (Å²) in [6.45, 7) is 2.62. The Morgan fingerprint density at radius 2 is 1.73 bits per heavy atom. The van der Waals surface area contributed by atoms with Gasteiger partial charge in [0.2, 0.25) is 5.91 Å². The summed E-state index contributed by atoms with van der Waals surface area (Å²) in [6, 6.07) is 9.25. The van der Waals surface area contributed by atoms with Gasteiger partial charge in [0.15, 0.2) is 0 Å². The fourth-order valence-electron chi connectivity index (χ4n) is 4.56. The highest BCUT2D eigenvalue weighted by Crippen LogP contribution is 2.28. The molecule has 4 rings (SSSR count). The van der Waals surface area contributed by atoms with E-state index in [0.29, 0.717) is 44.0 Å². The maximum Gasteiger partial charge on any atom is 0.292 e. The number of carbonyl (C=O) groups excluding carboxylic acids is 1. The molecule has 0 unspecified atom stereocenters. The molecule has 1 saturated heterocycles. The molecule has 0 radical (unpaired) electrons. The minimum absolute atomic E-state index is 0.172. The summed E-state index contributed by atoms with van der Waals surface area (Å²) in [6.07, 6.45) is 9.86. The van der Waals surface area contributed by atoms with Gasteiger partial charge in [-0.2, -0.15) is 9.78 Å². The van der Waals surface area contributed by atoms with Gasteiger partial charge in [0, 0.05) is 32.6 Å². The van der Waals surface area contributed by atoms with Gasteiger partial charge >= 0.3 is 0 Å². The first-order valence-corrected chi connectivity index (χ1v) is 11.4. The van der Waals surface area contributed by atoms with Crippen molar-refractivity contribution in [1.82, 2.24) is 14.7 Å². The number of benzene rings is 1. The van der Waals surface area contributed by atoms with Crippen molar-refractivity contribution in [3.05, 3.63) is 51.9 Å². The number of amides is 1. The molecular weight excluding hydrogens is 400 g/mol. The lowest BCUT2D eigenvalue weighted by atomic mass is 9.86. The van der Waals surface area contributed by atoms with Gasteiger partial charge in [-0.3, -0.25) is 9.59 Å². The fourth-order valence-corrected chi connectivity index (χ4v) is 4.80. The molecule has 2 heterocycles. The van der Waals surface area contributed by atoms with Crippen LogP contribution >= 0.6 is 11.6 Å². The number of carbonyl (C=O) groups is 1. The molecule has 1 aromatic heterocycles. The van der Waals surface area contributed by atoms with Crippen LogP contribution in [0.4, 0.5) is 5.69 Å². The Morgan fingerprint density at radius 3 is 2.43 bits per heavy atom. The van der Waals surface area contributed by atoms with Crippen molar-refractivity contribution in [2.45, 2.75) is 44.9 Å². The quantitative estimate of drug-likeness (QED) is 0.724. The molecule has 2 aromatic rings. The maximum atomic E-state index is 12.7. The van der Waals surface area contributed by atoms with Crippen LogP contribution in [0, 0.1) is 5.92 Å². The van der Waals surface area contributed by atoms with Crippen LogP contribution in [0.5, 0.6) is 0 Å². The highest BCUT2D eigenvalue weighted by molar-refractivity contribution is 6.33. The van der Waals surface area contributed by atoms with Gasteiger partial charge in [0.05, 0.1) is 17.6 Å². The molecule has 1 saturated carbocycles. The molecule has 0 spiro atoms. The predicted molar refractivity (Wildman–Crippen MR) is 119 cm³/mol. The number of halogens is 1. The van der Waals surface area contributed by atoms with Crippen LogP contribution < -0.4 is 10.5 Å². The van der Waals surface area contributed by atoms with Crippen LogP contribution in [0.15, 0.2) is 41.3 Å². The zero-order valence-electron chi connectivity index (χ0n) is 17.3. The molecule has 1 aromatic carbocycles. The Morgan fingerprint density at radius 1 is 1.03 bits per heavy atom. The standard InChI is InChI=1S/C23H29ClN4O2/c24-22-20(17-25-28(23(22)30)19-9-5-2-6-10-19)26-13-15-27(16-14-26)21(29)12-11-18-7-3-1-4-8-18/h2,5-6,9-10,17-18H,1,3-4,7-8,11-16H2. The number of hydrogen-bond acceptors (Lipinski definition) is 4. The predicted octanol–water partition coefficient (Wildman–Crippen LogP) is 3.90. The van der Waals surface area contributed by atoms with Crippen LogP contribution in [0.2, 0.25) is 5.02 Å². The molecular formula is C23H29ClN4O2. The second-order valence-corrected chi connectivity index (χ2v) is 8.68. The van der Waals surface area contributed by atoms with E-state index < -0.39 is 0 Å². The summed E-state index contributed by atoms with van der Waals surface area (Å²) in [4.78, 5) is 29.3. The first kappa shape index (κ1) is 20.9. The summed E-state index contributed by atoms with van der Waals surface area (Å²) in [5, 5.41) is 4.49. The van der Waals surface area contributed by atoms with E-state index >= 15 is 0 Å². The number of piperazine rings is 1. The van der Waals surface area contributed by atoms with Gasteiger partial charge in [-0.25, -0.2) is 0 Å². The van der Waals surface area contributed by atoms with Crippen molar-refractivity contribution in [2.24, 2.45) is 5.92 Å². The van der Waals surface area contributed by atoms with Crippen LogP contribution in [-0.2, 0) is 4.79 Å². The van der Waals surface area contributed by atoms with E-state index in [-0.39, 0.29) is 16.5 Å². The van der Waals surface area contributed by atoms with E-state index in [1.807, 2.05) is 35.2 Å². The average Bonchev–Trinajstić information content (AvgIpc) is 2.80. The lowest BCUT2D eigenvalue weighted by molar-refractivity contribution is -0.131. The van der Waals surface area contributed by atoms with Gasteiger partial charge in [-0.15, -0.1) is 0 Å². The molecule has 2 fully saturated rings. The van der Waals surface area contributed by atoms with Gasteiger partial charge in [-0.1, -0.05) is 61.9 Å². The third-order valence-corrected chi connectivity index (χ3v) is 6.72. The normalized spacial score (nSPS) is 17.9. The zero-order valence-corrected chi connectivity index (χ0v) is 18.1. The first-order valence-electron chi connectivity index (χ1n) is 11.0. The van der Waals surface area contributed by atoms with E-state index in [1.165, 1.54) is 36.8 Å². The molecule has 0 N–H and O–H groups in total. The number of para-hydroxylation sites is 1. The van der Waals surface area contributed by atoms with Crippen molar-refractivity contribution in [1.29, 1.82) is 0 Å². The smallest absolute Gasteiger partial charge is 0.292 e. The van der Waals surface area contributed by atoms with Gasteiger partial charge in [-0.05, 0) is 24.5 Å². The number of aromatic nitrogens is 2. The summed E-state index contributed by atoms with van der Waals surface area (Å²) < 4.78 is 1.32. The van der Waals surface area contributed by atoms with Crippen molar-refractivity contribution < 1.29 is 4.79 Å². The van der Waals surface area contributed by atoms with Crippen LogP contribution in [-0.4, -0.2) is 46.8 Å². The van der Waals surface area contributed by atoms with E-state index in [2.05, 4.69) is 10.00 Å². The Bertz CT molecular complexity index is 917. The van der Waals surface area contributed by atoms with E-state index in [0.717, 1.165) is 12.3 Å². The number of anilines is 1. The fraction of sp³-hybridized carbons (Fsp3) is 0.522. The SMILES string of the molecule is O=C(CCC1CCCCC1)N1CCN(c2cnn(-c3ccccc3)c(=O)c2Cl)CC1. The molecule has 30 heavy (non-hydrogen) atoms. The second-order valence-electron chi connectivity index (χ2n) is 8.31. The second kappa shape index (κ2) is 9.65. The highest BCUT2D eigenvalue weighted by atomic mass is 35.5. The van der Waals surface area contributed by atoms with Gasteiger partial charge in [0.1, 0.15) is 5.02 Å². The van der Waals surface area contributed by atoms with Gasteiger partial charge < -0.3 is 9.80 Å². The highest BCUT2D eigenvalue weighted by Gasteiger charge is 2.25. The molecule has 1 aliphatic heterocycles. The Hall–Kier alpha value is -2.34.